The minimum atomic E-state index is -0.676. The smallest absolute Gasteiger partial charge is 0.328 e. The highest BCUT2D eigenvalue weighted by molar-refractivity contribution is 7.98. The molecular weight excluding hydrogens is 572 g/mol. The van der Waals surface area contributed by atoms with E-state index in [4.69, 9.17) is 4.74 Å². The van der Waals surface area contributed by atoms with Crippen molar-refractivity contribution < 1.29 is 24.0 Å². The molecule has 2 fully saturated rings. The van der Waals surface area contributed by atoms with E-state index in [1.807, 2.05) is 15.7 Å². The molecule has 0 aliphatic carbocycles. The van der Waals surface area contributed by atoms with Crippen molar-refractivity contribution in [1.29, 1.82) is 0 Å². The molecule has 2 aromatic rings. The van der Waals surface area contributed by atoms with Crippen molar-refractivity contribution >= 4 is 35.2 Å². The molecule has 1 aromatic carbocycles. The number of carbonyl (C=O) groups excluding carboxylic acids is 3. The Hall–Kier alpha value is -3.45. The van der Waals surface area contributed by atoms with E-state index in [1.165, 1.54) is 19.2 Å². The molecule has 2 saturated heterocycles. The van der Waals surface area contributed by atoms with Crippen molar-refractivity contribution in [2.24, 2.45) is 5.92 Å². The first-order chi connectivity index (χ1) is 20.7. The number of nitrogens with one attached hydrogen (secondary N) is 1. The highest BCUT2D eigenvalue weighted by Crippen LogP contribution is 2.30. The fraction of sp³-hybridized carbons (Fsp3) is 0.600. The predicted octanol–water partition coefficient (Wildman–Crippen LogP) is 2.88. The Morgan fingerprint density at radius 2 is 1.98 bits per heavy atom. The molecule has 4 atom stereocenters. The highest BCUT2D eigenvalue weighted by atomic mass is 32.2. The Kier molecular flexibility index (Phi) is 11.6. The van der Waals surface area contributed by atoms with Gasteiger partial charge in [0.25, 0.3) is 5.69 Å². The van der Waals surface area contributed by atoms with Crippen LogP contribution in [0.25, 0.3) is 0 Å². The van der Waals surface area contributed by atoms with E-state index >= 15 is 0 Å². The van der Waals surface area contributed by atoms with Gasteiger partial charge in [0.1, 0.15) is 6.04 Å². The fourth-order valence-corrected chi connectivity index (χ4v) is 6.73. The van der Waals surface area contributed by atoms with Crippen molar-refractivity contribution in [2.75, 3.05) is 38.8 Å². The van der Waals surface area contributed by atoms with Crippen molar-refractivity contribution in [3.8, 4) is 0 Å². The molecule has 1 N–H and O–H groups in total. The lowest BCUT2D eigenvalue weighted by Crippen LogP contribution is -2.54. The first-order valence-corrected chi connectivity index (χ1v) is 16.3. The maximum absolute atomic E-state index is 13.6. The van der Waals surface area contributed by atoms with Gasteiger partial charge in [-0.2, -0.15) is 11.8 Å². The van der Waals surface area contributed by atoms with Crippen molar-refractivity contribution in [3.05, 3.63) is 58.2 Å². The monoisotopic (exact) mass is 614 g/mol. The molecule has 2 aliphatic heterocycles. The standard InChI is InChI=1S/C30H42N6O6S/c1-4-22-11-14-33(28(22)29(38)32-26(12-15-43-3)30(39)42-2)19-24-6-5-13-35(24)27(37)16-25-17-31-20-34(25)18-21-7-9-23(10-8-21)36(40)41/h7-10,17,20,22,24,26,28H,4-6,11-16,18-19H2,1-3H3,(H,32,38)/t22-,24-,26-,28-/m0/s1. The van der Waals surface area contributed by atoms with Crippen molar-refractivity contribution in [1.82, 2.24) is 24.7 Å². The Labute approximate surface area is 256 Å². The first-order valence-electron chi connectivity index (χ1n) is 14.9. The van der Waals surface area contributed by atoms with E-state index in [0.29, 0.717) is 26.1 Å². The Balaban J connectivity index is 1.40. The molecule has 3 heterocycles. The SMILES string of the molecule is CC[C@H]1CCN(C[C@@H]2CCCN2C(=O)Cc2cncn2Cc2ccc([N+](=O)[O-])cc2)[C@@H]1C(=O)N[C@@H](CCSC)C(=O)OC. The van der Waals surface area contributed by atoms with Gasteiger partial charge < -0.3 is 19.5 Å². The number of thioether (sulfide) groups is 1. The van der Waals surface area contributed by atoms with Crippen LogP contribution in [-0.2, 0) is 32.1 Å². The van der Waals surface area contributed by atoms with Crippen LogP contribution in [0.5, 0.6) is 0 Å². The number of esters is 1. The van der Waals surface area contributed by atoms with Crippen LogP contribution < -0.4 is 5.32 Å². The van der Waals surface area contributed by atoms with Crippen LogP contribution in [-0.4, -0.2) is 98.9 Å². The van der Waals surface area contributed by atoms with Crippen LogP contribution in [0.4, 0.5) is 5.69 Å². The molecular formula is C30H42N6O6S. The van der Waals surface area contributed by atoms with Gasteiger partial charge >= 0.3 is 5.97 Å². The zero-order valence-electron chi connectivity index (χ0n) is 25.1. The topological polar surface area (TPSA) is 140 Å². The summed E-state index contributed by atoms with van der Waals surface area (Å²) in [4.78, 5) is 58.4. The minimum absolute atomic E-state index is 0.00246. The number of carbonyl (C=O) groups is 3. The summed E-state index contributed by atoms with van der Waals surface area (Å²) < 4.78 is 6.84. The normalized spacial score (nSPS) is 21.1. The number of hydrogen-bond acceptors (Lipinski definition) is 9. The maximum Gasteiger partial charge on any atom is 0.328 e. The predicted molar refractivity (Wildman–Crippen MR) is 164 cm³/mol. The summed E-state index contributed by atoms with van der Waals surface area (Å²) in [5.41, 5.74) is 1.69. The average molecular weight is 615 g/mol. The summed E-state index contributed by atoms with van der Waals surface area (Å²) in [5.74, 6) is 0.353. The molecule has 234 valence electrons. The third-order valence-electron chi connectivity index (χ3n) is 8.61. The Morgan fingerprint density at radius 3 is 2.65 bits per heavy atom. The van der Waals surface area contributed by atoms with Gasteiger partial charge in [0, 0.05) is 49.7 Å². The van der Waals surface area contributed by atoms with Gasteiger partial charge in [0.2, 0.25) is 11.8 Å². The van der Waals surface area contributed by atoms with E-state index in [9.17, 15) is 24.5 Å². The summed E-state index contributed by atoms with van der Waals surface area (Å²) >= 11 is 1.62. The molecule has 2 aliphatic rings. The Bertz CT molecular complexity index is 1270. The van der Waals surface area contributed by atoms with E-state index in [0.717, 1.165) is 49.2 Å². The molecule has 0 bridgehead atoms. The lowest BCUT2D eigenvalue weighted by molar-refractivity contribution is -0.384. The minimum Gasteiger partial charge on any atom is -0.467 e. The number of rotatable bonds is 14. The van der Waals surface area contributed by atoms with Gasteiger partial charge in [-0.3, -0.25) is 24.6 Å². The number of hydrogen-bond donors (Lipinski definition) is 1. The number of amides is 2. The van der Waals surface area contributed by atoms with Gasteiger partial charge in [-0.15, -0.1) is 0 Å². The van der Waals surface area contributed by atoms with E-state index in [2.05, 4.69) is 22.1 Å². The maximum atomic E-state index is 13.6. The molecule has 1 aromatic heterocycles. The highest BCUT2D eigenvalue weighted by Gasteiger charge is 2.42. The van der Waals surface area contributed by atoms with Crippen LogP contribution in [0.3, 0.4) is 0 Å². The second-order valence-electron chi connectivity index (χ2n) is 11.3. The zero-order chi connectivity index (χ0) is 30.9. The molecule has 12 nitrogen and oxygen atoms in total. The number of likely N-dealkylation sites (tertiary alicyclic amines) is 2. The second kappa shape index (κ2) is 15.3. The second-order valence-corrected chi connectivity index (χ2v) is 12.2. The number of nitrogens with zero attached hydrogens (tertiary/aromatic N) is 5. The fourth-order valence-electron chi connectivity index (χ4n) is 6.26. The van der Waals surface area contributed by atoms with E-state index < -0.39 is 16.9 Å². The van der Waals surface area contributed by atoms with Crippen molar-refractivity contribution in [2.45, 2.75) is 70.1 Å². The third-order valence-corrected chi connectivity index (χ3v) is 9.25. The first kappa shape index (κ1) is 32.5. The molecule has 0 spiro atoms. The van der Waals surface area contributed by atoms with Crippen LogP contribution in [0, 0.1) is 16.0 Å². The number of ether oxygens (including phenoxy) is 1. The third kappa shape index (κ3) is 8.14. The number of nitro groups is 1. The van der Waals surface area contributed by atoms with Crippen LogP contribution in [0.2, 0.25) is 0 Å². The molecule has 2 amide bonds. The number of non-ortho nitro benzene ring substituents is 1. The van der Waals surface area contributed by atoms with E-state index in [1.54, 1.807) is 36.4 Å². The quantitative estimate of drug-likeness (QED) is 0.193. The largest absolute Gasteiger partial charge is 0.467 e. The lowest BCUT2D eigenvalue weighted by atomic mass is 9.96. The van der Waals surface area contributed by atoms with Crippen LogP contribution >= 0.6 is 11.8 Å². The number of methoxy groups -OCH3 is 1. The molecule has 0 saturated carbocycles. The Morgan fingerprint density at radius 1 is 1.21 bits per heavy atom. The molecule has 13 heteroatoms. The summed E-state index contributed by atoms with van der Waals surface area (Å²) in [6.07, 6.45) is 9.55. The number of nitro benzene ring substituents is 1. The molecule has 43 heavy (non-hydrogen) atoms. The number of benzene rings is 1. The van der Waals surface area contributed by atoms with E-state index in [-0.39, 0.29) is 41.9 Å². The van der Waals surface area contributed by atoms with Gasteiger partial charge in [0.15, 0.2) is 0 Å². The summed E-state index contributed by atoms with van der Waals surface area (Å²) in [6, 6.07) is 5.34. The average Bonchev–Trinajstić information content (AvgIpc) is 3.75. The molecule has 4 rings (SSSR count). The number of imidazole rings is 1. The summed E-state index contributed by atoms with van der Waals surface area (Å²) in [6.45, 7) is 4.59. The van der Waals surface area contributed by atoms with Crippen LogP contribution in [0.15, 0.2) is 36.8 Å². The van der Waals surface area contributed by atoms with Gasteiger partial charge in [0.05, 0.1) is 30.8 Å². The van der Waals surface area contributed by atoms with Crippen LogP contribution in [0.1, 0.15) is 50.3 Å². The number of aromatic nitrogens is 2. The molecule has 0 unspecified atom stereocenters. The summed E-state index contributed by atoms with van der Waals surface area (Å²) in [7, 11) is 1.34. The lowest BCUT2D eigenvalue weighted by Gasteiger charge is -2.33. The van der Waals surface area contributed by atoms with Gasteiger partial charge in [-0.1, -0.05) is 25.5 Å². The summed E-state index contributed by atoms with van der Waals surface area (Å²) in [5, 5.41) is 13.9. The molecule has 0 radical (unpaired) electrons. The van der Waals surface area contributed by atoms with Gasteiger partial charge in [-0.25, -0.2) is 9.78 Å². The van der Waals surface area contributed by atoms with Gasteiger partial charge in [-0.05, 0) is 55.7 Å². The zero-order valence-corrected chi connectivity index (χ0v) is 26.0. The van der Waals surface area contributed by atoms with Crippen molar-refractivity contribution in [3.63, 3.8) is 0 Å².